The molecule has 2 heterocycles. The Labute approximate surface area is 318 Å². The molecule has 0 N–H and O–H groups in total. The van der Waals surface area contributed by atoms with E-state index in [-0.39, 0.29) is 5.41 Å². The van der Waals surface area contributed by atoms with Crippen LogP contribution in [-0.2, 0) is 10.8 Å². The van der Waals surface area contributed by atoms with Crippen LogP contribution >= 0.6 is 11.3 Å². The Kier molecular flexibility index (Phi) is 5.99. The molecule has 2 aromatic heterocycles. The summed E-state index contributed by atoms with van der Waals surface area (Å²) in [6.45, 7) is 4.78. The Morgan fingerprint density at radius 1 is 0.426 bits per heavy atom. The standard InChI is InChI=1S/C52H35NS/c1-51(2)41-17-10-19-43-48(41)49-42(51)18-11-20-44(49)52(43,33-26-24-32(25-27-33)36-15-9-16-40-39-14-5-8-23-47(39)54-50(36)40)34-28-30-35(31-29-34)53-45-21-6-3-12-37(45)38-13-4-7-22-46(38)53/h3-31H,1-2H3. The van der Waals surface area contributed by atoms with Crippen LogP contribution in [-0.4, -0.2) is 4.57 Å². The second kappa shape index (κ2) is 10.7. The van der Waals surface area contributed by atoms with Crippen molar-refractivity contribution in [3.8, 4) is 27.9 Å². The summed E-state index contributed by atoms with van der Waals surface area (Å²) >= 11 is 1.90. The zero-order chi connectivity index (χ0) is 35.8. The number of thiophene rings is 1. The molecule has 0 aliphatic heterocycles. The van der Waals surface area contributed by atoms with Gasteiger partial charge in [-0.3, -0.25) is 0 Å². The molecule has 0 atom stereocenters. The average molecular weight is 706 g/mol. The molecule has 0 saturated carbocycles. The van der Waals surface area contributed by atoms with Gasteiger partial charge in [0.1, 0.15) is 0 Å². The molecule has 0 bridgehead atoms. The second-order valence-electron chi connectivity index (χ2n) is 15.6. The lowest BCUT2D eigenvalue weighted by Gasteiger charge is -2.36. The van der Waals surface area contributed by atoms with E-state index < -0.39 is 5.41 Å². The third-order valence-electron chi connectivity index (χ3n) is 12.7. The van der Waals surface area contributed by atoms with Crippen molar-refractivity contribution >= 4 is 53.3 Å². The zero-order valence-electron chi connectivity index (χ0n) is 30.1. The molecule has 1 nitrogen and oxygen atoms in total. The number of aromatic nitrogens is 1. The van der Waals surface area contributed by atoms with Crippen LogP contribution in [0.1, 0.15) is 47.2 Å². The molecule has 0 amide bonds. The third kappa shape index (κ3) is 3.73. The molecular weight excluding hydrogens is 671 g/mol. The van der Waals surface area contributed by atoms with Gasteiger partial charge < -0.3 is 4.57 Å². The fourth-order valence-electron chi connectivity index (χ4n) is 10.3. The summed E-state index contributed by atoms with van der Waals surface area (Å²) in [5, 5.41) is 5.23. The van der Waals surface area contributed by atoms with Crippen LogP contribution in [0.25, 0.3) is 69.9 Å². The first kappa shape index (κ1) is 30.3. The Balaban J connectivity index is 1.09. The van der Waals surface area contributed by atoms with Crippen molar-refractivity contribution < 1.29 is 0 Å². The van der Waals surface area contributed by atoms with E-state index in [9.17, 15) is 0 Å². The van der Waals surface area contributed by atoms with Gasteiger partial charge in [0.05, 0.1) is 16.4 Å². The zero-order valence-corrected chi connectivity index (χ0v) is 30.9. The molecule has 2 heteroatoms. The van der Waals surface area contributed by atoms with E-state index in [2.05, 4.69) is 194 Å². The van der Waals surface area contributed by atoms with Crippen molar-refractivity contribution in [3.63, 3.8) is 0 Å². The molecule has 0 unspecified atom stereocenters. The van der Waals surface area contributed by atoms with Crippen LogP contribution in [0.4, 0.5) is 0 Å². The maximum absolute atomic E-state index is 2.42. The summed E-state index contributed by atoms with van der Waals surface area (Å²) < 4.78 is 5.11. The first-order valence-corrected chi connectivity index (χ1v) is 19.8. The van der Waals surface area contributed by atoms with Gasteiger partial charge in [0.25, 0.3) is 0 Å². The van der Waals surface area contributed by atoms with E-state index in [4.69, 9.17) is 0 Å². The van der Waals surface area contributed by atoms with E-state index >= 15 is 0 Å². The van der Waals surface area contributed by atoms with E-state index in [1.807, 2.05) is 11.3 Å². The highest BCUT2D eigenvalue weighted by Gasteiger charge is 2.52. The average Bonchev–Trinajstić information content (AvgIpc) is 3.93. The predicted molar refractivity (Wildman–Crippen MR) is 229 cm³/mol. The second-order valence-corrected chi connectivity index (χ2v) is 16.7. The van der Waals surface area contributed by atoms with Gasteiger partial charge in [-0.25, -0.2) is 0 Å². The molecule has 54 heavy (non-hydrogen) atoms. The Morgan fingerprint density at radius 3 is 1.56 bits per heavy atom. The minimum atomic E-state index is -0.464. The number of para-hydroxylation sites is 2. The lowest BCUT2D eigenvalue weighted by Crippen LogP contribution is -2.30. The molecular formula is C52H35NS. The minimum absolute atomic E-state index is 0.0456. The predicted octanol–water partition coefficient (Wildman–Crippen LogP) is 13.8. The molecule has 0 spiro atoms. The summed E-state index contributed by atoms with van der Waals surface area (Å²) in [6.07, 6.45) is 0. The van der Waals surface area contributed by atoms with Crippen LogP contribution < -0.4 is 0 Å². The van der Waals surface area contributed by atoms with Gasteiger partial charge in [0, 0.05) is 42.0 Å². The summed E-state index contributed by atoms with van der Waals surface area (Å²) in [5.74, 6) is 0. The van der Waals surface area contributed by atoms with Crippen LogP contribution in [0.5, 0.6) is 0 Å². The molecule has 0 saturated heterocycles. The van der Waals surface area contributed by atoms with Crippen LogP contribution in [0.3, 0.4) is 0 Å². The number of rotatable bonds is 4. The highest BCUT2D eigenvalue weighted by Crippen LogP contribution is 2.64. The normalized spacial score (nSPS) is 14.8. The molecule has 8 aromatic carbocycles. The monoisotopic (exact) mass is 705 g/mol. The highest BCUT2D eigenvalue weighted by molar-refractivity contribution is 7.26. The molecule has 2 aliphatic carbocycles. The van der Waals surface area contributed by atoms with Gasteiger partial charge in [0.15, 0.2) is 0 Å². The Bertz CT molecular complexity index is 3060. The molecule has 0 fully saturated rings. The van der Waals surface area contributed by atoms with Gasteiger partial charge >= 0.3 is 0 Å². The van der Waals surface area contributed by atoms with Gasteiger partial charge in [0.2, 0.25) is 0 Å². The topological polar surface area (TPSA) is 4.93 Å². The van der Waals surface area contributed by atoms with E-state index in [0.717, 1.165) is 0 Å². The quantitative estimate of drug-likeness (QED) is 0.172. The van der Waals surface area contributed by atoms with Gasteiger partial charge in [-0.05, 0) is 86.0 Å². The molecule has 10 aromatic rings. The van der Waals surface area contributed by atoms with Crippen molar-refractivity contribution in [2.24, 2.45) is 0 Å². The number of benzene rings is 8. The Morgan fingerprint density at radius 2 is 0.926 bits per heavy atom. The number of fused-ring (bicyclic) bond motifs is 6. The van der Waals surface area contributed by atoms with Crippen LogP contribution in [0.2, 0.25) is 0 Å². The summed E-state index contributed by atoms with van der Waals surface area (Å²) in [5.41, 5.74) is 16.8. The van der Waals surface area contributed by atoms with Gasteiger partial charge in [-0.15, -0.1) is 11.3 Å². The van der Waals surface area contributed by atoms with Crippen molar-refractivity contribution in [2.75, 3.05) is 0 Å². The lowest BCUT2D eigenvalue weighted by molar-refractivity contribution is 0.652. The van der Waals surface area contributed by atoms with Crippen LogP contribution in [0.15, 0.2) is 176 Å². The number of nitrogens with zero attached hydrogens (tertiary/aromatic N) is 1. The van der Waals surface area contributed by atoms with Gasteiger partial charge in [-0.2, -0.15) is 0 Å². The summed E-state index contributed by atoms with van der Waals surface area (Å²) in [6, 6.07) is 66.2. The fourth-order valence-corrected chi connectivity index (χ4v) is 11.6. The maximum atomic E-state index is 2.42. The van der Waals surface area contributed by atoms with Gasteiger partial charge in [-0.1, -0.05) is 159 Å². The largest absolute Gasteiger partial charge is 0.309 e. The fraction of sp³-hybridized carbons (Fsp3) is 0.0769. The summed E-state index contributed by atoms with van der Waals surface area (Å²) in [4.78, 5) is 0. The van der Waals surface area contributed by atoms with Crippen LogP contribution in [0, 0.1) is 0 Å². The Hall–Kier alpha value is -6.22. The third-order valence-corrected chi connectivity index (χ3v) is 13.9. The first-order chi connectivity index (χ1) is 26.5. The smallest absolute Gasteiger partial charge is 0.0713 e. The van der Waals surface area contributed by atoms with Crippen molar-refractivity contribution in [1.29, 1.82) is 0 Å². The first-order valence-electron chi connectivity index (χ1n) is 18.9. The van der Waals surface area contributed by atoms with E-state index in [0.29, 0.717) is 0 Å². The highest BCUT2D eigenvalue weighted by atomic mass is 32.1. The number of hydrogen-bond acceptors (Lipinski definition) is 1. The molecule has 2 aliphatic rings. The van der Waals surface area contributed by atoms with Crippen molar-refractivity contribution in [1.82, 2.24) is 4.57 Å². The number of hydrogen-bond donors (Lipinski definition) is 0. The van der Waals surface area contributed by atoms with Crippen molar-refractivity contribution in [2.45, 2.75) is 24.7 Å². The minimum Gasteiger partial charge on any atom is -0.309 e. The molecule has 12 rings (SSSR count). The molecule has 0 radical (unpaired) electrons. The lowest BCUT2D eigenvalue weighted by atomic mass is 9.65. The maximum Gasteiger partial charge on any atom is 0.0713 e. The van der Waals surface area contributed by atoms with E-state index in [1.165, 1.54) is 103 Å². The molecule has 254 valence electrons. The van der Waals surface area contributed by atoms with Crippen molar-refractivity contribution in [3.05, 3.63) is 209 Å². The van der Waals surface area contributed by atoms with E-state index in [1.54, 1.807) is 0 Å². The summed E-state index contributed by atoms with van der Waals surface area (Å²) in [7, 11) is 0. The SMILES string of the molecule is CC1(C)c2cccc3c2-c2c1cccc2C3(c1ccc(-c2cccc3c2sc2ccccc23)cc1)c1ccc(-n2c3ccccc3c3ccccc32)cc1.